The Morgan fingerprint density at radius 1 is 1.18 bits per heavy atom. The third-order valence-electron chi connectivity index (χ3n) is 3.03. The molecule has 0 nitrogen and oxygen atoms in total. The highest BCUT2D eigenvalue weighted by atomic mass is 31.0. The lowest BCUT2D eigenvalue weighted by Crippen LogP contribution is -2.31. The van der Waals surface area contributed by atoms with E-state index in [1.54, 1.807) is 0 Å². The minimum atomic E-state index is 0.601. The van der Waals surface area contributed by atoms with Crippen molar-refractivity contribution in [2.24, 2.45) is 10.8 Å². The topological polar surface area (TPSA) is 0 Å². The fourth-order valence-corrected chi connectivity index (χ4v) is 2.85. The standard InChI is InChI=1S/C10H21P/c1-9(2)5-4-6-10(3,7-9)8-11/h4-8,11H2,1-3H3. The van der Waals surface area contributed by atoms with Crippen LogP contribution in [-0.4, -0.2) is 6.16 Å². The van der Waals surface area contributed by atoms with Gasteiger partial charge in [0.05, 0.1) is 0 Å². The summed E-state index contributed by atoms with van der Waals surface area (Å²) < 4.78 is 0. The fourth-order valence-electron chi connectivity index (χ4n) is 2.50. The van der Waals surface area contributed by atoms with E-state index in [9.17, 15) is 0 Å². The molecule has 0 heterocycles. The molecule has 2 atom stereocenters. The van der Waals surface area contributed by atoms with Crippen LogP contribution in [0, 0.1) is 10.8 Å². The molecule has 1 fully saturated rings. The maximum absolute atomic E-state index is 2.91. The molecule has 0 saturated heterocycles. The summed E-state index contributed by atoms with van der Waals surface area (Å²) in [6.07, 6.45) is 6.96. The summed E-state index contributed by atoms with van der Waals surface area (Å²) in [6.45, 7) is 7.25. The highest BCUT2D eigenvalue weighted by Gasteiger charge is 2.34. The zero-order valence-corrected chi connectivity index (χ0v) is 9.27. The molecule has 2 unspecified atom stereocenters. The zero-order valence-electron chi connectivity index (χ0n) is 8.11. The van der Waals surface area contributed by atoms with Crippen LogP contribution >= 0.6 is 9.24 Å². The normalized spacial score (nSPS) is 37.1. The molecule has 1 aliphatic rings. The summed E-state index contributed by atoms with van der Waals surface area (Å²) in [6, 6.07) is 0. The predicted octanol–water partition coefficient (Wildman–Crippen LogP) is 3.47. The van der Waals surface area contributed by atoms with Gasteiger partial charge in [0.25, 0.3) is 0 Å². The summed E-state index contributed by atoms with van der Waals surface area (Å²) in [5.74, 6) is 0. The molecule has 0 aromatic carbocycles. The van der Waals surface area contributed by atoms with Crippen molar-refractivity contribution in [3.05, 3.63) is 0 Å². The van der Waals surface area contributed by atoms with Gasteiger partial charge >= 0.3 is 0 Å². The summed E-state index contributed by atoms with van der Waals surface area (Å²) in [5.41, 5.74) is 1.22. The first-order valence-electron chi connectivity index (χ1n) is 4.68. The van der Waals surface area contributed by atoms with Gasteiger partial charge in [0.15, 0.2) is 0 Å². The minimum absolute atomic E-state index is 0.601. The van der Waals surface area contributed by atoms with Crippen molar-refractivity contribution < 1.29 is 0 Å². The van der Waals surface area contributed by atoms with Gasteiger partial charge in [-0.1, -0.05) is 27.2 Å². The molecule has 0 N–H and O–H groups in total. The molecule has 0 spiro atoms. The molecule has 1 rings (SSSR count). The highest BCUT2D eigenvalue weighted by Crippen LogP contribution is 2.46. The van der Waals surface area contributed by atoms with E-state index in [1.165, 1.54) is 31.8 Å². The van der Waals surface area contributed by atoms with E-state index < -0.39 is 0 Å². The highest BCUT2D eigenvalue weighted by molar-refractivity contribution is 7.16. The molecule has 66 valence electrons. The van der Waals surface area contributed by atoms with Crippen LogP contribution in [0.1, 0.15) is 46.5 Å². The van der Waals surface area contributed by atoms with Crippen LogP contribution in [0.5, 0.6) is 0 Å². The Labute approximate surface area is 73.3 Å². The van der Waals surface area contributed by atoms with E-state index in [0.29, 0.717) is 10.8 Å². The van der Waals surface area contributed by atoms with Gasteiger partial charge in [-0.05, 0) is 36.3 Å². The van der Waals surface area contributed by atoms with Gasteiger partial charge in [-0.3, -0.25) is 0 Å². The first kappa shape index (κ1) is 9.52. The molecule has 0 radical (unpaired) electrons. The first-order chi connectivity index (χ1) is 4.97. The van der Waals surface area contributed by atoms with Gasteiger partial charge in [-0.15, -0.1) is 9.24 Å². The van der Waals surface area contributed by atoms with Gasteiger partial charge in [-0.25, -0.2) is 0 Å². The average molecular weight is 172 g/mol. The van der Waals surface area contributed by atoms with Crippen LogP contribution in [0.25, 0.3) is 0 Å². The number of rotatable bonds is 1. The van der Waals surface area contributed by atoms with Crippen LogP contribution in [0.4, 0.5) is 0 Å². The van der Waals surface area contributed by atoms with Crippen LogP contribution in [0.2, 0.25) is 0 Å². The van der Waals surface area contributed by atoms with E-state index in [-0.39, 0.29) is 0 Å². The SMILES string of the molecule is CC1(C)CCCC(C)(CP)C1. The average Bonchev–Trinajstić information content (AvgIpc) is 1.85. The van der Waals surface area contributed by atoms with E-state index >= 15 is 0 Å². The third kappa shape index (κ3) is 2.44. The maximum atomic E-state index is 2.91. The molecule has 1 heteroatoms. The van der Waals surface area contributed by atoms with Crippen molar-refractivity contribution in [2.75, 3.05) is 6.16 Å². The monoisotopic (exact) mass is 172 g/mol. The predicted molar refractivity (Wildman–Crippen MR) is 54.9 cm³/mol. The van der Waals surface area contributed by atoms with E-state index in [2.05, 4.69) is 30.0 Å². The van der Waals surface area contributed by atoms with Crippen molar-refractivity contribution in [3.8, 4) is 0 Å². The second-order valence-electron chi connectivity index (χ2n) is 5.21. The molecule has 0 aliphatic heterocycles. The number of hydrogen-bond donors (Lipinski definition) is 0. The molecule has 11 heavy (non-hydrogen) atoms. The molecule has 0 aromatic heterocycles. The Hall–Kier alpha value is 0.430. The van der Waals surface area contributed by atoms with Crippen molar-refractivity contribution in [1.29, 1.82) is 0 Å². The Morgan fingerprint density at radius 2 is 1.82 bits per heavy atom. The van der Waals surface area contributed by atoms with Crippen LogP contribution in [0.15, 0.2) is 0 Å². The Kier molecular flexibility index (Phi) is 2.64. The quantitative estimate of drug-likeness (QED) is 0.531. The molecule has 1 aliphatic carbocycles. The summed E-state index contributed by atoms with van der Waals surface area (Å²) in [7, 11) is 2.91. The van der Waals surface area contributed by atoms with E-state index in [4.69, 9.17) is 0 Å². The van der Waals surface area contributed by atoms with Crippen molar-refractivity contribution in [3.63, 3.8) is 0 Å². The van der Waals surface area contributed by atoms with Gasteiger partial charge in [0.1, 0.15) is 0 Å². The third-order valence-corrected chi connectivity index (χ3v) is 4.02. The molecule has 0 bridgehead atoms. The second-order valence-corrected chi connectivity index (χ2v) is 5.62. The summed E-state index contributed by atoms with van der Waals surface area (Å²) >= 11 is 0. The van der Waals surface area contributed by atoms with Gasteiger partial charge in [0.2, 0.25) is 0 Å². The van der Waals surface area contributed by atoms with Gasteiger partial charge < -0.3 is 0 Å². The summed E-state index contributed by atoms with van der Waals surface area (Å²) in [5, 5.41) is 0. The second kappa shape index (κ2) is 3.05. The summed E-state index contributed by atoms with van der Waals surface area (Å²) in [4.78, 5) is 0. The van der Waals surface area contributed by atoms with Crippen molar-refractivity contribution >= 4 is 9.24 Å². The molecule has 0 amide bonds. The van der Waals surface area contributed by atoms with Crippen LogP contribution < -0.4 is 0 Å². The van der Waals surface area contributed by atoms with E-state index in [1.807, 2.05) is 0 Å². The molecule has 0 aromatic rings. The number of hydrogen-bond acceptors (Lipinski definition) is 0. The molecular weight excluding hydrogens is 151 g/mol. The van der Waals surface area contributed by atoms with Crippen molar-refractivity contribution in [2.45, 2.75) is 46.5 Å². The minimum Gasteiger partial charge on any atom is -0.137 e. The lowest BCUT2D eigenvalue weighted by molar-refractivity contribution is 0.120. The van der Waals surface area contributed by atoms with E-state index in [0.717, 1.165) is 0 Å². The largest absolute Gasteiger partial charge is 0.137 e. The van der Waals surface area contributed by atoms with Crippen LogP contribution in [-0.2, 0) is 0 Å². The Balaban J connectivity index is 2.59. The molecule has 1 saturated carbocycles. The lowest BCUT2D eigenvalue weighted by Gasteiger charge is -2.42. The first-order valence-corrected chi connectivity index (χ1v) is 5.49. The van der Waals surface area contributed by atoms with Crippen LogP contribution in [0.3, 0.4) is 0 Å². The van der Waals surface area contributed by atoms with Gasteiger partial charge in [-0.2, -0.15) is 0 Å². The zero-order chi connectivity index (χ0) is 8.54. The Bertz CT molecular complexity index is 140. The molecular formula is C10H21P. The lowest BCUT2D eigenvalue weighted by atomic mass is 9.65. The van der Waals surface area contributed by atoms with Gasteiger partial charge in [0, 0.05) is 0 Å². The van der Waals surface area contributed by atoms with Crippen molar-refractivity contribution in [1.82, 2.24) is 0 Å². The Morgan fingerprint density at radius 3 is 2.18 bits per heavy atom. The fraction of sp³-hybridized carbons (Fsp3) is 1.00. The smallest absolute Gasteiger partial charge is 0.0286 e. The maximum Gasteiger partial charge on any atom is -0.0286 e.